The molecule has 0 saturated carbocycles. The number of para-hydroxylation sites is 1. The molecule has 0 aliphatic carbocycles. The number of rotatable bonds is 4. The number of hydrogen-bond donors (Lipinski definition) is 0. The topological polar surface area (TPSA) is 59.2 Å². The quantitative estimate of drug-likeness (QED) is 0.689. The van der Waals surface area contributed by atoms with Crippen molar-refractivity contribution in [1.29, 1.82) is 0 Å². The van der Waals surface area contributed by atoms with Crippen molar-refractivity contribution in [3.63, 3.8) is 0 Å². The number of fused-ring (bicyclic) bond motifs is 1. The van der Waals surface area contributed by atoms with E-state index in [2.05, 4.69) is 16.3 Å². The molecule has 132 valence electrons. The van der Waals surface area contributed by atoms with Gasteiger partial charge in [-0.25, -0.2) is 0 Å². The van der Waals surface area contributed by atoms with E-state index in [9.17, 15) is 4.79 Å². The lowest BCUT2D eigenvalue weighted by molar-refractivity contribution is -0.118. The summed E-state index contributed by atoms with van der Waals surface area (Å²) in [5.41, 5.74) is 3.07. The standard InChI is InChI=1S/C20H18ClN3O2/c21-16-9-7-15(8-10-16)20-23-22-18(26-20)11-12-19(25)24-13-3-5-14-4-1-2-6-17(14)24/h1-2,4,6-10H,3,5,11-13H2. The average molecular weight is 368 g/mol. The first-order valence-corrected chi connectivity index (χ1v) is 9.05. The van der Waals surface area contributed by atoms with Gasteiger partial charge in [0.05, 0.1) is 0 Å². The number of carbonyl (C=O) groups excluding carboxylic acids is 1. The van der Waals surface area contributed by atoms with Gasteiger partial charge in [-0.1, -0.05) is 29.8 Å². The zero-order chi connectivity index (χ0) is 17.9. The number of aryl methyl sites for hydroxylation is 2. The molecule has 6 heteroatoms. The summed E-state index contributed by atoms with van der Waals surface area (Å²) in [5, 5.41) is 8.77. The van der Waals surface area contributed by atoms with Crippen molar-refractivity contribution in [3.8, 4) is 11.5 Å². The molecule has 0 fully saturated rings. The molecular formula is C20H18ClN3O2. The van der Waals surface area contributed by atoms with E-state index in [1.54, 1.807) is 12.1 Å². The number of carbonyl (C=O) groups is 1. The molecule has 0 saturated heterocycles. The lowest BCUT2D eigenvalue weighted by Crippen LogP contribution is -2.35. The Morgan fingerprint density at radius 2 is 1.92 bits per heavy atom. The van der Waals surface area contributed by atoms with Crippen molar-refractivity contribution in [2.75, 3.05) is 11.4 Å². The zero-order valence-electron chi connectivity index (χ0n) is 14.2. The summed E-state index contributed by atoms with van der Waals surface area (Å²) in [6, 6.07) is 15.3. The summed E-state index contributed by atoms with van der Waals surface area (Å²) in [5.74, 6) is 0.990. The van der Waals surface area contributed by atoms with Crippen molar-refractivity contribution in [2.45, 2.75) is 25.7 Å². The van der Waals surface area contributed by atoms with Crippen LogP contribution in [0.3, 0.4) is 0 Å². The third kappa shape index (κ3) is 3.48. The number of halogens is 1. The Labute approximate surface area is 156 Å². The van der Waals surface area contributed by atoms with Gasteiger partial charge in [0.15, 0.2) is 0 Å². The minimum Gasteiger partial charge on any atom is -0.421 e. The lowest BCUT2D eigenvalue weighted by atomic mass is 10.0. The van der Waals surface area contributed by atoms with E-state index in [4.69, 9.17) is 16.0 Å². The van der Waals surface area contributed by atoms with E-state index >= 15 is 0 Å². The molecular weight excluding hydrogens is 350 g/mol. The maximum absolute atomic E-state index is 12.7. The van der Waals surface area contributed by atoms with Gasteiger partial charge >= 0.3 is 0 Å². The maximum atomic E-state index is 12.7. The van der Waals surface area contributed by atoms with Crippen molar-refractivity contribution in [3.05, 3.63) is 65.0 Å². The lowest BCUT2D eigenvalue weighted by Gasteiger charge is -2.29. The van der Waals surface area contributed by atoms with Crippen LogP contribution in [0.4, 0.5) is 5.69 Å². The molecule has 0 radical (unpaired) electrons. The number of aromatic nitrogens is 2. The van der Waals surface area contributed by atoms with Gasteiger partial charge in [-0.05, 0) is 48.7 Å². The van der Waals surface area contributed by atoms with E-state index in [-0.39, 0.29) is 5.91 Å². The van der Waals surface area contributed by atoms with Crippen molar-refractivity contribution < 1.29 is 9.21 Å². The fourth-order valence-electron chi connectivity index (χ4n) is 3.21. The number of hydrogen-bond acceptors (Lipinski definition) is 4. The molecule has 0 spiro atoms. The molecule has 0 unspecified atom stereocenters. The normalized spacial score (nSPS) is 13.5. The van der Waals surface area contributed by atoms with Gasteiger partial charge < -0.3 is 9.32 Å². The van der Waals surface area contributed by atoms with Crippen LogP contribution in [0, 0.1) is 0 Å². The van der Waals surface area contributed by atoms with E-state index < -0.39 is 0 Å². The fourth-order valence-corrected chi connectivity index (χ4v) is 3.33. The predicted molar refractivity (Wildman–Crippen MR) is 100 cm³/mol. The van der Waals surface area contributed by atoms with Gasteiger partial charge in [0, 0.05) is 35.7 Å². The largest absolute Gasteiger partial charge is 0.421 e. The molecule has 4 rings (SSSR count). The Bertz CT molecular complexity index is 921. The van der Waals surface area contributed by atoms with E-state index in [0.717, 1.165) is 30.6 Å². The second-order valence-corrected chi connectivity index (χ2v) is 6.72. The first-order valence-electron chi connectivity index (χ1n) is 8.67. The Morgan fingerprint density at radius 1 is 1.12 bits per heavy atom. The van der Waals surface area contributed by atoms with Gasteiger partial charge in [0.2, 0.25) is 17.7 Å². The second kappa shape index (κ2) is 7.30. The van der Waals surface area contributed by atoms with E-state index in [1.807, 2.05) is 35.2 Å². The Kier molecular flexibility index (Phi) is 4.71. The van der Waals surface area contributed by atoms with Gasteiger partial charge in [-0.2, -0.15) is 0 Å². The molecule has 1 aliphatic heterocycles. The molecule has 2 aromatic carbocycles. The molecule has 2 heterocycles. The number of anilines is 1. The fraction of sp³-hybridized carbons (Fsp3) is 0.250. The minimum absolute atomic E-state index is 0.0865. The number of benzene rings is 2. The van der Waals surface area contributed by atoms with Crippen LogP contribution >= 0.6 is 11.6 Å². The van der Waals surface area contributed by atoms with Crippen LogP contribution in [0.15, 0.2) is 52.9 Å². The van der Waals surface area contributed by atoms with E-state index in [0.29, 0.717) is 29.6 Å². The van der Waals surface area contributed by atoms with Crippen LogP contribution in [0.1, 0.15) is 24.3 Å². The molecule has 1 aliphatic rings. The van der Waals surface area contributed by atoms with E-state index in [1.165, 1.54) is 5.56 Å². The second-order valence-electron chi connectivity index (χ2n) is 6.29. The van der Waals surface area contributed by atoms with Gasteiger partial charge in [0.1, 0.15) is 0 Å². The van der Waals surface area contributed by atoms with Gasteiger partial charge in [-0.3, -0.25) is 4.79 Å². The Morgan fingerprint density at radius 3 is 2.77 bits per heavy atom. The summed E-state index contributed by atoms with van der Waals surface area (Å²) in [6.45, 7) is 0.760. The first-order chi connectivity index (χ1) is 12.7. The van der Waals surface area contributed by atoms with Crippen LogP contribution in [-0.4, -0.2) is 22.6 Å². The highest BCUT2D eigenvalue weighted by molar-refractivity contribution is 6.30. The van der Waals surface area contributed by atoms with Crippen molar-refractivity contribution in [1.82, 2.24) is 10.2 Å². The average Bonchev–Trinajstić information content (AvgIpc) is 3.15. The van der Waals surface area contributed by atoms with Crippen LogP contribution < -0.4 is 4.90 Å². The molecule has 0 N–H and O–H groups in total. The summed E-state index contributed by atoms with van der Waals surface area (Å²) in [6.07, 6.45) is 2.78. The van der Waals surface area contributed by atoms with Gasteiger partial charge in [-0.15, -0.1) is 10.2 Å². The third-order valence-electron chi connectivity index (χ3n) is 4.52. The molecule has 5 nitrogen and oxygen atoms in total. The van der Waals surface area contributed by atoms with Crippen molar-refractivity contribution in [2.24, 2.45) is 0 Å². The third-order valence-corrected chi connectivity index (χ3v) is 4.77. The maximum Gasteiger partial charge on any atom is 0.247 e. The number of nitrogens with zero attached hydrogens (tertiary/aromatic N) is 3. The monoisotopic (exact) mass is 367 g/mol. The van der Waals surface area contributed by atoms with Crippen LogP contribution in [0.2, 0.25) is 5.02 Å². The molecule has 1 amide bonds. The smallest absolute Gasteiger partial charge is 0.247 e. The summed E-state index contributed by atoms with van der Waals surface area (Å²) < 4.78 is 5.68. The molecule has 0 bridgehead atoms. The highest BCUT2D eigenvalue weighted by Crippen LogP contribution is 2.27. The number of amides is 1. The zero-order valence-corrected chi connectivity index (χ0v) is 14.9. The summed E-state index contributed by atoms with van der Waals surface area (Å²) in [4.78, 5) is 14.5. The molecule has 1 aromatic heterocycles. The SMILES string of the molecule is O=C(CCc1nnc(-c2ccc(Cl)cc2)o1)N1CCCc2ccccc21. The molecule has 0 atom stereocenters. The highest BCUT2D eigenvalue weighted by atomic mass is 35.5. The summed E-state index contributed by atoms with van der Waals surface area (Å²) >= 11 is 5.89. The summed E-state index contributed by atoms with van der Waals surface area (Å²) in [7, 11) is 0. The van der Waals surface area contributed by atoms with Crippen molar-refractivity contribution >= 4 is 23.2 Å². The first kappa shape index (κ1) is 16.8. The minimum atomic E-state index is 0.0865. The molecule has 26 heavy (non-hydrogen) atoms. The Balaban J connectivity index is 1.42. The van der Waals surface area contributed by atoms with Crippen LogP contribution in [-0.2, 0) is 17.6 Å². The van der Waals surface area contributed by atoms with Crippen LogP contribution in [0.25, 0.3) is 11.5 Å². The van der Waals surface area contributed by atoms with Gasteiger partial charge in [0.25, 0.3) is 0 Å². The molecule has 3 aromatic rings. The predicted octanol–water partition coefficient (Wildman–Crippen LogP) is 4.30. The highest BCUT2D eigenvalue weighted by Gasteiger charge is 2.22. The van der Waals surface area contributed by atoms with Crippen LogP contribution in [0.5, 0.6) is 0 Å². The Hall–Kier alpha value is -2.66.